The second-order valence-corrected chi connectivity index (χ2v) is 2.62. The predicted octanol–water partition coefficient (Wildman–Crippen LogP) is 1.87. The van der Waals surface area contributed by atoms with E-state index in [4.69, 9.17) is 11.6 Å². The maximum atomic E-state index is 9.79. The molecule has 0 radical (unpaired) electrons. The Kier molecular flexibility index (Phi) is 6.28. The van der Waals surface area contributed by atoms with Crippen LogP contribution in [0.3, 0.4) is 0 Å². The van der Waals surface area contributed by atoms with Crippen molar-refractivity contribution in [2.75, 3.05) is 6.61 Å². The van der Waals surface area contributed by atoms with Crippen LogP contribution in [0.5, 0.6) is 0 Å². The first-order chi connectivity index (χ1) is 5.83. The number of ether oxygens (including phenoxy) is 1. The molecule has 72 valence electrons. The Hall–Kier alpha value is -0.800. The molecule has 0 aliphatic heterocycles. The number of hydrogen-bond acceptors (Lipinski definition) is 3. The molecule has 0 spiro atoms. The van der Waals surface area contributed by atoms with Crippen molar-refractivity contribution in [3.8, 4) is 0 Å². The number of carbonyl (C=O) groups is 1. The van der Waals surface area contributed by atoms with E-state index in [2.05, 4.69) is 9.72 Å². The minimum absolute atomic E-state index is 0. The second kappa shape index (κ2) is 6.69. The van der Waals surface area contributed by atoms with Gasteiger partial charge in [-0.1, -0.05) is 11.6 Å². The Morgan fingerprint density at radius 1 is 1.62 bits per heavy atom. The zero-order chi connectivity index (χ0) is 8.81. The quantitative estimate of drug-likeness (QED) is 0.576. The van der Waals surface area contributed by atoms with Gasteiger partial charge in [0.1, 0.15) is 0 Å². The lowest BCUT2D eigenvalue weighted by Gasteiger charge is -1.98. The molecule has 0 bridgehead atoms. The largest absolute Gasteiger partial charge is 0.467 e. The van der Waals surface area contributed by atoms with Crippen LogP contribution in [0.2, 0.25) is 5.02 Å². The molecule has 0 aromatic carbocycles. The molecule has 0 fully saturated rings. The van der Waals surface area contributed by atoms with Crippen LogP contribution >= 0.6 is 24.0 Å². The number of aromatic nitrogens is 1. The minimum Gasteiger partial charge on any atom is -0.467 e. The van der Waals surface area contributed by atoms with Crippen LogP contribution in [0.1, 0.15) is 5.69 Å². The molecular formula is C8H9Cl2NO2. The molecule has 1 aromatic heterocycles. The van der Waals surface area contributed by atoms with Gasteiger partial charge in [-0.2, -0.15) is 0 Å². The maximum Gasteiger partial charge on any atom is 0.293 e. The number of carbonyl (C=O) groups excluding carboxylic acids is 1. The van der Waals surface area contributed by atoms with Gasteiger partial charge in [0.05, 0.1) is 6.61 Å². The Labute approximate surface area is 87.5 Å². The van der Waals surface area contributed by atoms with E-state index in [0.717, 1.165) is 5.69 Å². The maximum absolute atomic E-state index is 9.79. The van der Waals surface area contributed by atoms with Gasteiger partial charge in [-0.25, -0.2) is 0 Å². The summed E-state index contributed by atoms with van der Waals surface area (Å²) in [5, 5.41) is 0.645. The third kappa shape index (κ3) is 4.70. The first-order valence-electron chi connectivity index (χ1n) is 3.48. The molecule has 0 N–H and O–H groups in total. The van der Waals surface area contributed by atoms with E-state index in [0.29, 0.717) is 24.5 Å². The van der Waals surface area contributed by atoms with Gasteiger partial charge >= 0.3 is 0 Å². The first kappa shape index (κ1) is 12.2. The van der Waals surface area contributed by atoms with Gasteiger partial charge in [-0.05, 0) is 12.1 Å². The highest BCUT2D eigenvalue weighted by Crippen LogP contribution is 2.07. The number of hydrogen-bond donors (Lipinski definition) is 0. The van der Waals surface area contributed by atoms with Gasteiger partial charge in [0.15, 0.2) is 0 Å². The van der Waals surface area contributed by atoms with Gasteiger partial charge in [0.25, 0.3) is 6.47 Å². The fourth-order valence-corrected chi connectivity index (χ4v) is 0.979. The average molecular weight is 222 g/mol. The average Bonchev–Trinajstić information content (AvgIpc) is 2.05. The molecular weight excluding hydrogens is 213 g/mol. The molecule has 1 aromatic rings. The first-order valence-corrected chi connectivity index (χ1v) is 3.86. The third-order valence-corrected chi connectivity index (χ3v) is 1.56. The number of halogens is 2. The van der Waals surface area contributed by atoms with Gasteiger partial charge in [0.2, 0.25) is 0 Å². The highest BCUT2D eigenvalue weighted by molar-refractivity contribution is 6.30. The Morgan fingerprint density at radius 3 is 3.00 bits per heavy atom. The van der Waals surface area contributed by atoms with Crippen molar-refractivity contribution in [2.45, 2.75) is 6.42 Å². The summed E-state index contributed by atoms with van der Waals surface area (Å²) in [7, 11) is 0. The lowest BCUT2D eigenvalue weighted by molar-refractivity contribution is -0.128. The summed E-state index contributed by atoms with van der Waals surface area (Å²) in [5.41, 5.74) is 0.823. The Bertz CT molecular complexity index is 268. The van der Waals surface area contributed by atoms with Crippen LogP contribution in [-0.4, -0.2) is 18.1 Å². The van der Waals surface area contributed by atoms with E-state index in [1.165, 1.54) is 0 Å². The van der Waals surface area contributed by atoms with Crippen molar-refractivity contribution in [1.82, 2.24) is 4.98 Å². The summed E-state index contributed by atoms with van der Waals surface area (Å²) in [5.74, 6) is 0. The van der Waals surface area contributed by atoms with Crippen molar-refractivity contribution in [1.29, 1.82) is 0 Å². The second-order valence-electron chi connectivity index (χ2n) is 2.18. The van der Waals surface area contributed by atoms with E-state index >= 15 is 0 Å². The summed E-state index contributed by atoms with van der Waals surface area (Å²) in [6.07, 6.45) is 2.22. The molecule has 5 heteroatoms. The smallest absolute Gasteiger partial charge is 0.293 e. The Balaban J connectivity index is 0.00000144. The highest BCUT2D eigenvalue weighted by Gasteiger charge is 1.95. The summed E-state index contributed by atoms with van der Waals surface area (Å²) in [6, 6.07) is 3.45. The molecule has 1 heterocycles. The van der Waals surface area contributed by atoms with Gasteiger partial charge in [0, 0.05) is 23.3 Å². The van der Waals surface area contributed by atoms with Crippen molar-refractivity contribution in [3.05, 3.63) is 29.0 Å². The molecule has 0 aliphatic rings. The molecule has 0 saturated carbocycles. The van der Waals surface area contributed by atoms with Gasteiger partial charge in [-0.3, -0.25) is 9.78 Å². The molecule has 0 saturated heterocycles. The summed E-state index contributed by atoms with van der Waals surface area (Å²) < 4.78 is 4.51. The van der Waals surface area contributed by atoms with Gasteiger partial charge in [-0.15, -0.1) is 12.4 Å². The highest BCUT2D eigenvalue weighted by atomic mass is 35.5. The summed E-state index contributed by atoms with van der Waals surface area (Å²) >= 11 is 5.71. The SMILES string of the molecule is Cl.O=COCCc1cc(Cl)ccn1. The lowest BCUT2D eigenvalue weighted by Crippen LogP contribution is -1.98. The van der Waals surface area contributed by atoms with Crippen LogP contribution in [-0.2, 0) is 16.0 Å². The molecule has 1 rings (SSSR count). The van der Waals surface area contributed by atoms with Crippen LogP contribution in [0.15, 0.2) is 18.3 Å². The van der Waals surface area contributed by atoms with Crippen molar-refractivity contribution in [3.63, 3.8) is 0 Å². The molecule has 13 heavy (non-hydrogen) atoms. The molecule has 0 unspecified atom stereocenters. The third-order valence-electron chi connectivity index (χ3n) is 1.32. The van der Waals surface area contributed by atoms with Crippen LogP contribution in [0, 0.1) is 0 Å². The normalized spacial score (nSPS) is 8.69. The van der Waals surface area contributed by atoms with Gasteiger partial charge < -0.3 is 4.74 Å². The standard InChI is InChI=1S/C8H8ClNO2.ClH/c9-7-1-3-10-8(5-7)2-4-12-6-11;/h1,3,5-6H,2,4H2;1H. The Morgan fingerprint density at radius 2 is 2.38 bits per heavy atom. The van der Waals surface area contributed by atoms with E-state index in [-0.39, 0.29) is 12.4 Å². The van der Waals surface area contributed by atoms with E-state index < -0.39 is 0 Å². The summed E-state index contributed by atoms with van der Waals surface area (Å²) in [6.45, 7) is 0.765. The topological polar surface area (TPSA) is 39.2 Å². The van der Waals surface area contributed by atoms with E-state index in [9.17, 15) is 4.79 Å². The fourth-order valence-electron chi connectivity index (χ4n) is 0.797. The summed E-state index contributed by atoms with van der Waals surface area (Å²) in [4.78, 5) is 13.8. The zero-order valence-electron chi connectivity index (χ0n) is 6.77. The van der Waals surface area contributed by atoms with Crippen LogP contribution < -0.4 is 0 Å². The molecule has 0 atom stereocenters. The van der Waals surface area contributed by atoms with Crippen LogP contribution in [0.4, 0.5) is 0 Å². The molecule has 0 aliphatic carbocycles. The van der Waals surface area contributed by atoms with E-state index in [1.54, 1.807) is 18.3 Å². The monoisotopic (exact) mass is 221 g/mol. The number of nitrogens with zero attached hydrogens (tertiary/aromatic N) is 1. The molecule has 3 nitrogen and oxygen atoms in total. The van der Waals surface area contributed by atoms with Crippen molar-refractivity contribution < 1.29 is 9.53 Å². The van der Waals surface area contributed by atoms with Crippen molar-refractivity contribution in [2.24, 2.45) is 0 Å². The number of pyridine rings is 1. The minimum atomic E-state index is 0. The van der Waals surface area contributed by atoms with Crippen molar-refractivity contribution >= 4 is 30.5 Å². The fraction of sp³-hybridized carbons (Fsp3) is 0.250. The zero-order valence-corrected chi connectivity index (χ0v) is 8.35. The number of rotatable bonds is 4. The predicted molar refractivity (Wildman–Crippen MR) is 52.2 cm³/mol. The van der Waals surface area contributed by atoms with E-state index in [1.807, 2.05) is 0 Å². The molecule has 0 amide bonds. The lowest BCUT2D eigenvalue weighted by atomic mass is 10.3. The van der Waals surface area contributed by atoms with Crippen LogP contribution in [0.25, 0.3) is 0 Å².